The molecule has 0 saturated carbocycles. The van der Waals surface area contributed by atoms with Crippen molar-refractivity contribution in [1.82, 2.24) is 4.98 Å². The first kappa shape index (κ1) is 16.3. The number of oxazole rings is 1. The van der Waals surface area contributed by atoms with Gasteiger partial charge in [-0.2, -0.15) is 0 Å². The van der Waals surface area contributed by atoms with Crippen LogP contribution in [0.15, 0.2) is 59.0 Å². The van der Waals surface area contributed by atoms with Crippen molar-refractivity contribution < 1.29 is 23.8 Å². The van der Waals surface area contributed by atoms with Crippen LogP contribution in [-0.4, -0.2) is 29.1 Å². The van der Waals surface area contributed by atoms with E-state index >= 15 is 0 Å². The van der Waals surface area contributed by atoms with Gasteiger partial charge in [0.05, 0.1) is 7.11 Å². The zero-order valence-corrected chi connectivity index (χ0v) is 13.2. The zero-order valence-electron chi connectivity index (χ0n) is 13.2. The fourth-order valence-electron chi connectivity index (χ4n) is 2.23. The minimum Gasteiger partial charge on any atom is -0.497 e. The molecule has 3 rings (SSSR count). The summed E-state index contributed by atoms with van der Waals surface area (Å²) in [6.45, 7) is 0. The number of ether oxygens (including phenoxy) is 1. The molecule has 0 atom stereocenters. The number of hydrogen-bond donors (Lipinski definition) is 2. The first-order chi connectivity index (χ1) is 12.1. The highest BCUT2D eigenvalue weighted by Gasteiger charge is 2.21. The van der Waals surface area contributed by atoms with E-state index in [0.717, 1.165) is 0 Å². The van der Waals surface area contributed by atoms with Gasteiger partial charge in [-0.05, 0) is 18.2 Å². The summed E-state index contributed by atoms with van der Waals surface area (Å²) in [6.07, 6.45) is 0. The summed E-state index contributed by atoms with van der Waals surface area (Å²) in [5.74, 6) is -1.99. The second-order valence-corrected chi connectivity index (χ2v) is 5.05. The molecule has 0 saturated heterocycles. The van der Waals surface area contributed by atoms with Gasteiger partial charge in [-0.15, -0.1) is 0 Å². The van der Waals surface area contributed by atoms with Crippen LogP contribution in [0.4, 0.5) is 5.88 Å². The van der Waals surface area contributed by atoms with Crippen molar-refractivity contribution in [2.75, 3.05) is 12.4 Å². The molecular weight excluding hydrogens is 324 g/mol. The van der Waals surface area contributed by atoms with Crippen molar-refractivity contribution in [3.05, 3.63) is 54.6 Å². The number of methoxy groups -OCH3 is 1. The van der Waals surface area contributed by atoms with Crippen LogP contribution in [0, 0.1) is 0 Å². The van der Waals surface area contributed by atoms with Crippen LogP contribution in [0.3, 0.4) is 0 Å². The van der Waals surface area contributed by atoms with Gasteiger partial charge >= 0.3 is 11.9 Å². The van der Waals surface area contributed by atoms with E-state index in [9.17, 15) is 9.59 Å². The lowest BCUT2D eigenvalue weighted by molar-refractivity contribution is -0.147. The number of benzene rings is 2. The second-order valence-electron chi connectivity index (χ2n) is 5.05. The van der Waals surface area contributed by atoms with Crippen molar-refractivity contribution in [1.29, 1.82) is 0 Å². The second kappa shape index (κ2) is 6.88. The Bertz CT molecular complexity index is 918. The molecule has 2 N–H and O–H groups in total. The zero-order chi connectivity index (χ0) is 17.8. The first-order valence-electron chi connectivity index (χ1n) is 7.33. The maximum atomic E-state index is 11.5. The number of anilines is 1. The smallest absolute Gasteiger partial charge is 0.394 e. The average molecular weight is 338 g/mol. The molecule has 0 bridgehead atoms. The van der Waals surface area contributed by atoms with Gasteiger partial charge in [-0.3, -0.25) is 10.1 Å². The Morgan fingerprint density at radius 1 is 1.08 bits per heavy atom. The molecule has 0 aliphatic carbocycles. The van der Waals surface area contributed by atoms with E-state index in [0.29, 0.717) is 22.6 Å². The van der Waals surface area contributed by atoms with Crippen molar-refractivity contribution in [2.45, 2.75) is 0 Å². The molecule has 0 aliphatic heterocycles. The molecule has 25 heavy (non-hydrogen) atoms. The summed E-state index contributed by atoms with van der Waals surface area (Å²) in [7, 11) is 1.54. The lowest BCUT2D eigenvalue weighted by Gasteiger charge is -2.01. The summed E-state index contributed by atoms with van der Waals surface area (Å²) >= 11 is 0. The third-order valence-electron chi connectivity index (χ3n) is 3.41. The van der Waals surface area contributed by atoms with Crippen LogP contribution in [0.25, 0.3) is 22.7 Å². The number of aliphatic carboxylic acids is 1. The number of hydrogen-bond acceptors (Lipinski definition) is 5. The van der Waals surface area contributed by atoms with Gasteiger partial charge in [0.1, 0.15) is 11.4 Å². The third kappa shape index (κ3) is 3.50. The number of carboxylic acid groups (broad SMARTS) is 1. The fourth-order valence-corrected chi connectivity index (χ4v) is 2.23. The predicted octanol–water partition coefficient (Wildman–Crippen LogP) is 3.04. The summed E-state index contributed by atoms with van der Waals surface area (Å²) in [6, 6.07) is 16.1. The molecule has 7 nitrogen and oxygen atoms in total. The maximum Gasteiger partial charge on any atom is 0.394 e. The molecule has 0 aliphatic rings. The maximum absolute atomic E-state index is 11.5. The molecule has 126 valence electrons. The molecule has 1 aromatic heterocycles. The number of carbonyl (C=O) groups excluding carboxylic acids is 1. The Morgan fingerprint density at radius 3 is 2.48 bits per heavy atom. The first-order valence-corrected chi connectivity index (χ1v) is 7.33. The number of carbonyl (C=O) groups is 2. The van der Waals surface area contributed by atoms with Gasteiger partial charge in [-0.1, -0.05) is 36.4 Å². The van der Waals surface area contributed by atoms with E-state index in [1.165, 1.54) is 0 Å². The van der Waals surface area contributed by atoms with Crippen LogP contribution in [0.1, 0.15) is 0 Å². The van der Waals surface area contributed by atoms with Crippen LogP contribution >= 0.6 is 0 Å². The van der Waals surface area contributed by atoms with E-state index in [-0.39, 0.29) is 11.8 Å². The summed E-state index contributed by atoms with van der Waals surface area (Å²) in [5, 5.41) is 11.0. The average Bonchev–Trinajstić information content (AvgIpc) is 3.06. The van der Waals surface area contributed by atoms with E-state index in [1.807, 2.05) is 6.07 Å². The van der Waals surface area contributed by atoms with E-state index in [2.05, 4.69) is 10.3 Å². The number of aromatic nitrogens is 1. The molecule has 1 heterocycles. The molecule has 7 heteroatoms. The molecule has 2 aromatic carbocycles. The topological polar surface area (TPSA) is 102 Å². The Labute approximate surface area is 142 Å². The van der Waals surface area contributed by atoms with Gasteiger partial charge < -0.3 is 14.3 Å². The summed E-state index contributed by atoms with van der Waals surface area (Å²) in [5.41, 5.74) is 1.65. The highest BCUT2D eigenvalue weighted by Crippen LogP contribution is 2.33. The molecule has 0 fully saturated rings. The highest BCUT2D eigenvalue weighted by atomic mass is 16.5. The lowest BCUT2D eigenvalue weighted by Crippen LogP contribution is -2.21. The van der Waals surface area contributed by atoms with Crippen LogP contribution in [0.2, 0.25) is 0 Å². The number of rotatable bonds is 4. The van der Waals surface area contributed by atoms with Gasteiger partial charge in [0, 0.05) is 11.1 Å². The Kier molecular flexibility index (Phi) is 4.47. The van der Waals surface area contributed by atoms with Gasteiger partial charge in [0.15, 0.2) is 0 Å². The minimum atomic E-state index is -1.61. The minimum absolute atomic E-state index is 0.0311. The summed E-state index contributed by atoms with van der Waals surface area (Å²) in [4.78, 5) is 26.8. The Morgan fingerprint density at radius 2 is 1.80 bits per heavy atom. The number of amides is 1. The predicted molar refractivity (Wildman–Crippen MR) is 90.2 cm³/mol. The SMILES string of the molecule is COc1cccc(-c2nc(-c3ccccc3)c(NC(=O)C(=O)O)o2)c1. The van der Waals surface area contributed by atoms with Gasteiger partial charge in [-0.25, -0.2) is 9.78 Å². The van der Waals surface area contributed by atoms with Crippen molar-refractivity contribution in [3.8, 4) is 28.5 Å². The van der Waals surface area contributed by atoms with E-state index in [1.54, 1.807) is 55.6 Å². The summed E-state index contributed by atoms with van der Waals surface area (Å²) < 4.78 is 10.8. The van der Waals surface area contributed by atoms with Crippen molar-refractivity contribution in [3.63, 3.8) is 0 Å². The largest absolute Gasteiger partial charge is 0.497 e. The molecule has 0 radical (unpaired) electrons. The molecule has 3 aromatic rings. The quantitative estimate of drug-likeness (QED) is 0.709. The molecule has 0 spiro atoms. The van der Waals surface area contributed by atoms with E-state index < -0.39 is 11.9 Å². The Hall–Kier alpha value is -3.61. The Balaban J connectivity index is 2.07. The van der Waals surface area contributed by atoms with Gasteiger partial charge in [0.2, 0.25) is 11.8 Å². The van der Waals surface area contributed by atoms with Crippen LogP contribution in [0.5, 0.6) is 5.75 Å². The lowest BCUT2D eigenvalue weighted by atomic mass is 10.1. The van der Waals surface area contributed by atoms with Crippen LogP contribution < -0.4 is 10.1 Å². The van der Waals surface area contributed by atoms with E-state index in [4.69, 9.17) is 14.3 Å². The monoisotopic (exact) mass is 338 g/mol. The third-order valence-corrected chi connectivity index (χ3v) is 3.41. The molecule has 0 unspecified atom stereocenters. The normalized spacial score (nSPS) is 10.3. The van der Waals surface area contributed by atoms with Crippen molar-refractivity contribution in [2.24, 2.45) is 0 Å². The van der Waals surface area contributed by atoms with Gasteiger partial charge in [0.25, 0.3) is 0 Å². The fraction of sp³-hybridized carbons (Fsp3) is 0.0556. The van der Waals surface area contributed by atoms with Crippen LogP contribution in [-0.2, 0) is 9.59 Å². The number of nitrogens with one attached hydrogen (secondary N) is 1. The van der Waals surface area contributed by atoms with Crippen molar-refractivity contribution >= 4 is 17.8 Å². The molecule has 1 amide bonds. The molecular formula is C18H14N2O5. The number of nitrogens with zero attached hydrogens (tertiary/aromatic N) is 1. The highest BCUT2D eigenvalue weighted by molar-refractivity contribution is 6.36. The number of carboxylic acids is 1. The standard InChI is InChI=1S/C18H14N2O5/c1-24-13-9-5-8-12(10-13)16-19-14(11-6-3-2-4-7-11)17(25-16)20-15(21)18(22)23/h2-10H,1H3,(H,20,21)(H,22,23).